The van der Waals surface area contributed by atoms with Gasteiger partial charge in [-0.3, -0.25) is 4.79 Å². The van der Waals surface area contributed by atoms with Crippen LogP contribution in [-0.4, -0.2) is 41.8 Å². The van der Waals surface area contributed by atoms with Crippen LogP contribution in [0.5, 0.6) is 0 Å². The highest BCUT2D eigenvalue weighted by molar-refractivity contribution is 5.84. The van der Waals surface area contributed by atoms with E-state index in [1.165, 1.54) is 0 Å². The van der Waals surface area contributed by atoms with Gasteiger partial charge in [0.1, 0.15) is 12.6 Å². The molecule has 0 spiro atoms. The molecule has 0 saturated carbocycles. The predicted molar refractivity (Wildman–Crippen MR) is 126 cm³/mol. The van der Waals surface area contributed by atoms with E-state index in [-0.39, 0.29) is 24.9 Å². The fourth-order valence-electron chi connectivity index (χ4n) is 4.35. The lowest BCUT2D eigenvalue weighted by molar-refractivity contribution is -0.143. The van der Waals surface area contributed by atoms with Crippen LogP contribution >= 0.6 is 0 Å². The molecular weight excluding hydrogens is 420 g/mol. The van der Waals surface area contributed by atoms with Gasteiger partial charge < -0.3 is 20.5 Å². The smallest absolute Gasteiger partial charge is 0.407 e. The predicted octanol–water partition coefficient (Wildman–Crippen LogP) is 4.31. The van der Waals surface area contributed by atoms with Crippen LogP contribution in [0, 0.1) is 5.92 Å². The Hall–Kier alpha value is -3.35. The van der Waals surface area contributed by atoms with E-state index in [0.717, 1.165) is 28.7 Å². The zero-order chi connectivity index (χ0) is 24.0. The number of carbonyl (C=O) groups is 3. The quantitative estimate of drug-likeness (QED) is 0.498. The molecule has 0 heterocycles. The van der Waals surface area contributed by atoms with Crippen molar-refractivity contribution >= 4 is 18.0 Å². The number of fused-ring (bicyclic) bond motifs is 3. The molecule has 0 aliphatic heterocycles. The van der Waals surface area contributed by atoms with E-state index in [2.05, 4.69) is 34.9 Å². The Labute approximate surface area is 194 Å². The van der Waals surface area contributed by atoms with Crippen molar-refractivity contribution in [3.05, 3.63) is 59.7 Å². The molecule has 176 valence electrons. The van der Waals surface area contributed by atoms with Crippen LogP contribution in [0.15, 0.2) is 48.5 Å². The molecule has 0 radical (unpaired) electrons. The van der Waals surface area contributed by atoms with Crippen LogP contribution in [0.1, 0.15) is 57.1 Å². The monoisotopic (exact) mass is 452 g/mol. The van der Waals surface area contributed by atoms with E-state index in [1.807, 2.05) is 31.2 Å². The summed E-state index contributed by atoms with van der Waals surface area (Å²) in [7, 11) is 0. The van der Waals surface area contributed by atoms with Crippen LogP contribution in [-0.2, 0) is 14.3 Å². The van der Waals surface area contributed by atoms with Crippen molar-refractivity contribution in [1.29, 1.82) is 0 Å². The lowest BCUT2D eigenvalue weighted by atomic mass is 9.98. The van der Waals surface area contributed by atoms with Gasteiger partial charge in [-0.25, -0.2) is 9.59 Å². The van der Waals surface area contributed by atoms with Crippen LogP contribution in [0.3, 0.4) is 0 Å². The molecule has 0 aromatic heterocycles. The average molecular weight is 453 g/mol. The van der Waals surface area contributed by atoms with E-state index in [1.54, 1.807) is 13.8 Å². The second kappa shape index (κ2) is 11.0. The summed E-state index contributed by atoms with van der Waals surface area (Å²) in [5, 5.41) is 14.6. The third-order valence-electron chi connectivity index (χ3n) is 5.98. The molecule has 2 atom stereocenters. The van der Waals surface area contributed by atoms with E-state index >= 15 is 0 Å². The van der Waals surface area contributed by atoms with E-state index < -0.39 is 30.1 Å². The van der Waals surface area contributed by atoms with E-state index in [9.17, 15) is 19.5 Å². The summed E-state index contributed by atoms with van der Waals surface area (Å²) in [6, 6.07) is 14.8. The maximum absolute atomic E-state index is 12.6. The number of carboxylic acids is 1. The minimum absolute atomic E-state index is 0.00542. The number of ether oxygens (including phenoxy) is 1. The summed E-state index contributed by atoms with van der Waals surface area (Å²) in [5.41, 5.74) is 4.57. The van der Waals surface area contributed by atoms with Crippen LogP contribution in [0.25, 0.3) is 11.1 Å². The Balaban J connectivity index is 1.59. The number of carbonyl (C=O) groups excluding carboxylic acids is 2. The van der Waals surface area contributed by atoms with Crippen LogP contribution in [0.4, 0.5) is 4.79 Å². The van der Waals surface area contributed by atoms with Gasteiger partial charge >= 0.3 is 12.1 Å². The lowest BCUT2D eigenvalue weighted by Gasteiger charge is -2.22. The summed E-state index contributed by atoms with van der Waals surface area (Å²) in [4.78, 5) is 36.3. The number of rotatable bonds is 10. The van der Waals surface area contributed by atoms with Crippen molar-refractivity contribution in [1.82, 2.24) is 10.6 Å². The van der Waals surface area contributed by atoms with Gasteiger partial charge in [0.15, 0.2) is 0 Å². The van der Waals surface area contributed by atoms with Crippen LogP contribution in [0.2, 0.25) is 0 Å². The highest BCUT2D eigenvalue weighted by Gasteiger charge is 2.30. The zero-order valence-corrected chi connectivity index (χ0v) is 19.3. The highest BCUT2D eigenvalue weighted by atomic mass is 16.5. The number of aliphatic carboxylic acids is 1. The van der Waals surface area contributed by atoms with Gasteiger partial charge in [0, 0.05) is 18.4 Å². The average Bonchev–Trinajstić information content (AvgIpc) is 3.09. The summed E-state index contributed by atoms with van der Waals surface area (Å²) in [6.45, 7) is 5.62. The Morgan fingerprint density at radius 3 is 2.06 bits per heavy atom. The first-order valence-corrected chi connectivity index (χ1v) is 11.5. The van der Waals surface area contributed by atoms with Gasteiger partial charge in [-0.05, 0) is 34.6 Å². The summed E-state index contributed by atoms with van der Waals surface area (Å²) in [5.74, 6) is -1.77. The second-order valence-corrected chi connectivity index (χ2v) is 8.79. The molecule has 1 aliphatic rings. The number of nitrogens with one attached hydrogen (secondary N) is 2. The highest BCUT2D eigenvalue weighted by Crippen LogP contribution is 2.44. The third-order valence-corrected chi connectivity index (χ3v) is 5.98. The molecule has 0 saturated heterocycles. The lowest BCUT2D eigenvalue weighted by Crippen LogP contribution is -2.47. The molecule has 0 fully saturated rings. The Morgan fingerprint density at radius 2 is 1.55 bits per heavy atom. The van der Waals surface area contributed by atoms with Gasteiger partial charge in [0.25, 0.3) is 0 Å². The molecule has 2 aromatic carbocycles. The first-order chi connectivity index (χ1) is 15.8. The van der Waals surface area contributed by atoms with Gasteiger partial charge in [-0.15, -0.1) is 0 Å². The number of carboxylic acid groups (broad SMARTS) is 1. The Morgan fingerprint density at radius 1 is 0.970 bits per heavy atom. The van der Waals surface area contributed by atoms with Gasteiger partial charge in [-0.2, -0.15) is 0 Å². The Kier molecular flexibility index (Phi) is 8.09. The van der Waals surface area contributed by atoms with Crippen molar-refractivity contribution in [3.8, 4) is 11.1 Å². The van der Waals surface area contributed by atoms with Crippen LogP contribution < -0.4 is 10.6 Å². The van der Waals surface area contributed by atoms with Gasteiger partial charge in [-0.1, -0.05) is 75.7 Å². The fourth-order valence-corrected chi connectivity index (χ4v) is 4.35. The first-order valence-electron chi connectivity index (χ1n) is 11.5. The second-order valence-electron chi connectivity index (χ2n) is 8.79. The molecule has 3 rings (SSSR count). The molecule has 1 unspecified atom stereocenters. The van der Waals surface area contributed by atoms with E-state index in [4.69, 9.17) is 4.74 Å². The molecule has 2 amide bonds. The van der Waals surface area contributed by atoms with Gasteiger partial charge in [0.2, 0.25) is 5.91 Å². The topological polar surface area (TPSA) is 105 Å². The molecule has 3 N–H and O–H groups in total. The SMILES string of the molecule is CCCC(CC(=O)N[C@H](C(=O)O)C(C)C)NC(=O)OCC1c2ccccc2-c2ccccc21. The van der Waals surface area contributed by atoms with Crippen molar-refractivity contribution in [2.75, 3.05) is 6.61 Å². The molecule has 0 bridgehead atoms. The third kappa shape index (κ3) is 5.92. The largest absolute Gasteiger partial charge is 0.480 e. The molecular formula is C26H32N2O5. The number of alkyl carbamates (subject to hydrolysis) is 1. The minimum atomic E-state index is -1.07. The standard InChI is InChI=1S/C26H32N2O5/c1-4-9-17(14-23(29)28-24(16(2)3)25(30)31)27-26(32)33-15-22-20-12-7-5-10-18(20)19-11-6-8-13-21(19)22/h5-8,10-13,16-17,22,24H,4,9,14-15H2,1-3H3,(H,27,32)(H,28,29)(H,30,31)/t17?,24-/m0/s1. The zero-order valence-electron chi connectivity index (χ0n) is 19.3. The van der Waals surface area contributed by atoms with Crippen molar-refractivity contribution in [2.24, 2.45) is 5.92 Å². The fraction of sp³-hybridized carbons (Fsp3) is 0.423. The Bertz CT molecular complexity index is 958. The van der Waals surface area contributed by atoms with E-state index in [0.29, 0.717) is 6.42 Å². The summed E-state index contributed by atoms with van der Waals surface area (Å²) < 4.78 is 5.58. The molecule has 7 heteroatoms. The number of benzene rings is 2. The summed E-state index contributed by atoms with van der Waals surface area (Å²) in [6.07, 6.45) is 0.751. The summed E-state index contributed by atoms with van der Waals surface area (Å²) >= 11 is 0. The maximum atomic E-state index is 12.6. The molecule has 2 aromatic rings. The first kappa shape index (κ1) is 24.3. The van der Waals surface area contributed by atoms with Gasteiger partial charge in [0.05, 0.1) is 0 Å². The normalized spacial score (nSPS) is 14.2. The van der Waals surface area contributed by atoms with Crippen molar-refractivity contribution in [3.63, 3.8) is 0 Å². The number of hydrogen-bond acceptors (Lipinski definition) is 4. The number of amides is 2. The molecule has 7 nitrogen and oxygen atoms in total. The van der Waals surface area contributed by atoms with Crippen molar-refractivity contribution in [2.45, 2.75) is 58.0 Å². The van der Waals surface area contributed by atoms with Crippen molar-refractivity contribution < 1.29 is 24.2 Å². The minimum Gasteiger partial charge on any atom is -0.480 e. The number of hydrogen-bond donors (Lipinski definition) is 3. The molecule has 33 heavy (non-hydrogen) atoms. The molecule has 1 aliphatic carbocycles. The maximum Gasteiger partial charge on any atom is 0.407 e.